The number of aliphatic hydroxyl groups excluding tert-OH is 1. The van der Waals surface area contributed by atoms with Crippen LogP contribution in [0.3, 0.4) is 0 Å². The molecule has 14 nitrogen and oxygen atoms in total. The van der Waals surface area contributed by atoms with Gasteiger partial charge in [0.05, 0.1) is 37.6 Å². The highest BCUT2D eigenvalue weighted by Crippen LogP contribution is 2.43. The minimum absolute atomic E-state index is 0.0182. The van der Waals surface area contributed by atoms with Gasteiger partial charge in [0.1, 0.15) is 24.0 Å². The Morgan fingerprint density at radius 3 is 1.89 bits per heavy atom. The lowest BCUT2D eigenvalue weighted by atomic mass is 9.80. The number of amides is 1. The van der Waals surface area contributed by atoms with Crippen molar-refractivity contribution in [1.82, 2.24) is 4.90 Å². The molecule has 0 radical (unpaired) electrons. The number of methoxy groups -OCH3 is 4. The Bertz CT molecular complexity index is 1860. The summed E-state index contributed by atoms with van der Waals surface area (Å²) >= 11 is 0. The largest absolute Gasteiger partial charge is 0.466 e. The first kappa shape index (κ1) is 64.0. The molecule has 2 aliphatic heterocycles. The number of piperidine rings is 1. The van der Waals surface area contributed by atoms with E-state index in [1.165, 1.54) is 19.1 Å². The van der Waals surface area contributed by atoms with Crippen molar-refractivity contribution in [2.45, 2.75) is 244 Å². The Labute approximate surface area is 437 Å². The number of fused-ring (bicyclic) bond motifs is 1. The fourth-order valence-electron chi connectivity index (χ4n) is 10.6. The second kappa shape index (κ2) is 26.7. The molecule has 16 heteroatoms. The molecule has 416 valence electrons. The lowest BCUT2D eigenvalue weighted by Gasteiger charge is -2.44. The maximum atomic E-state index is 15.1. The molecule has 1 aliphatic carbocycles. The minimum Gasteiger partial charge on any atom is -0.466 e. The molecule has 2 heterocycles. The molecule has 0 bridgehead atoms. The zero-order valence-electron chi connectivity index (χ0n) is 48.5. The fraction of sp³-hybridized carbons (Fsp3) is 0.857. The van der Waals surface area contributed by atoms with E-state index in [2.05, 4.69) is 86.8 Å². The quantitative estimate of drug-likeness (QED) is 0.0866. The first-order valence-corrected chi connectivity index (χ1v) is 32.9. The number of hydrogen-bond donors (Lipinski definition) is 2. The van der Waals surface area contributed by atoms with Crippen molar-refractivity contribution in [2.75, 3.05) is 35.0 Å². The number of rotatable bonds is 11. The summed E-state index contributed by atoms with van der Waals surface area (Å²) in [5, 5.41) is 24.1. The smallest absolute Gasteiger partial charge is 0.348 e. The van der Waals surface area contributed by atoms with E-state index in [4.69, 9.17) is 32.5 Å². The summed E-state index contributed by atoms with van der Waals surface area (Å²) in [6.07, 6.45) is 4.96. The topological polar surface area (TPSA) is 177 Å². The molecule has 3 aliphatic rings. The van der Waals surface area contributed by atoms with Crippen LogP contribution >= 0.6 is 0 Å². The highest BCUT2D eigenvalue weighted by atomic mass is 28.4. The number of allylic oxidation sites excluding steroid dienone is 3. The van der Waals surface area contributed by atoms with Crippen molar-refractivity contribution in [1.29, 1.82) is 0 Å². The van der Waals surface area contributed by atoms with Crippen LogP contribution in [-0.4, -0.2) is 145 Å². The molecule has 0 spiro atoms. The van der Waals surface area contributed by atoms with Crippen molar-refractivity contribution in [2.24, 2.45) is 29.6 Å². The Morgan fingerprint density at radius 2 is 1.36 bits per heavy atom. The Kier molecular flexibility index (Phi) is 23.7. The third-order valence-corrected chi connectivity index (χ3v) is 26.4. The number of carbonyl (C=O) groups excluding carboxylic acids is 4. The van der Waals surface area contributed by atoms with E-state index in [1.807, 2.05) is 27.7 Å². The standard InChI is InChI=1S/C56H101NO13Si2/c1-21-41-29-35(2)28-36(3)30-47(65-14)49(59)48(66-15)32-38(5)56(63,53(62)67-16)52(61)57-27-23-22-24-42(57)51(60)68-50(39(6)45(34-43(41)58)70-72(19,20)55(10,11)12)37(4)31-40-25-26-44(46(33-40)64-13)69-71(17,18)54(7,8)9/h29,31,36,38-42,44-50,59,63H,21-28,30,32-34H2,1-20H3/b35-29+,37-31+/t36-,38+,39+,40-,41+,42-,44+,45-,46+,47-,48-,49+,50+,56-/m0/s1. The van der Waals surface area contributed by atoms with Gasteiger partial charge in [-0.3, -0.25) is 9.59 Å². The third-order valence-electron chi connectivity index (χ3n) is 17.4. The van der Waals surface area contributed by atoms with Gasteiger partial charge < -0.3 is 47.6 Å². The van der Waals surface area contributed by atoms with Crippen molar-refractivity contribution in [3.05, 3.63) is 23.3 Å². The lowest BCUT2D eigenvalue weighted by Crippen LogP contribution is -2.63. The Morgan fingerprint density at radius 1 is 0.806 bits per heavy atom. The van der Waals surface area contributed by atoms with Gasteiger partial charge in [-0.15, -0.1) is 0 Å². The predicted molar refractivity (Wildman–Crippen MR) is 288 cm³/mol. The van der Waals surface area contributed by atoms with Gasteiger partial charge in [-0.25, -0.2) is 9.59 Å². The van der Waals surface area contributed by atoms with E-state index in [0.717, 1.165) is 31.1 Å². The monoisotopic (exact) mass is 1050 g/mol. The van der Waals surface area contributed by atoms with Gasteiger partial charge in [-0.1, -0.05) is 87.0 Å². The van der Waals surface area contributed by atoms with Crippen LogP contribution in [0, 0.1) is 29.6 Å². The number of cyclic esters (lactones) is 1. The first-order valence-electron chi connectivity index (χ1n) is 27.1. The summed E-state index contributed by atoms with van der Waals surface area (Å²) in [4.78, 5) is 60.0. The van der Waals surface area contributed by atoms with Crippen LogP contribution < -0.4 is 0 Å². The van der Waals surface area contributed by atoms with Crippen molar-refractivity contribution in [3.8, 4) is 0 Å². The number of aliphatic hydroxyl groups is 2. The normalized spacial score (nSPS) is 35.3. The minimum atomic E-state index is -2.75. The van der Waals surface area contributed by atoms with E-state index in [9.17, 15) is 24.6 Å². The van der Waals surface area contributed by atoms with E-state index < -0.39 is 94.4 Å². The lowest BCUT2D eigenvalue weighted by molar-refractivity contribution is -0.188. The van der Waals surface area contributed by atoms with Gasteiger partial charge in [0.15, 0.2) is 16.6 Å². The van der Waals surface area contributed by atoms with Gasteiger partial charge in [0.2, 0.25) is 5.60 Å². The average Bonchev–Trinajstić information content (AvgIpc) is 3.30. The van der Waals surface area contributed by atoms with Gasteiger partial charge in [-0.2, -0.15) is 0 Å². The molecule has 0 aromatic heterocycles. The number of esters is 2. The van der Waals surface area contributed by atoms with E-state index >= 15 is 4.79 Å². The van der Waals surface area contributed by atoms with Crippen LogP contribution in [0.15, 0.2) is 23.3 Å². The van der Waals surface area contributed by atoms with Gasteiger partial charge in [0, 0.05) is 52.0 Å². The second-order valence-corrected chi connectivity index (χ2v) is 34.5. The van der Waals surface area contributed by atoms with Crippen LogP contribution in [0.1, 0.15) is 154 Å². The molecule has 2 fully saturated rings. The van der Waals surface area contributed by atoms with Crippen LogP contribution in [0.4, 0.5) is 0 Å². The summed E-state index contributed by atoms with van der Waals surface area (Å²) in [5.41, 5.74) is -0.917. The fourth-order valence-corrected chi connectivity index (χ4v) is 13.4. The second-order valence-electron chi connectivity index (χ2n) is 25.0. The molecule has 0 aromatic rings. The summed E-state index contributed by atoms with van der Waals surface area (Å²) < 4.78 is 43.9. The number of Topliss-reactive ketones (excluding diaryl/α,β-unsaturated/α-hetero) is 1. The molecule has 0 aromatic carbocycles. The van der Waals surface area contributed by atoms with Crippen molar-refractivity contribution >= 4 is 40.3 Å². The molecule has 14 atom stereocenters. The predicted octanol–water partition coefficient (Wildman–Crippen LogP) is 10.1. The highest BCUT2D eigenvalue weighted by Gasteiger charge is 2.55. The zero-order chi connectivity index (χ0) is 54.9. The first-order chi connectivity index (χ1) is 33.2. The van der Waals surface area contributed by atoms with Crippen molar-refractivity contribution < 1.29 is 61.9 Å². The molecule has 3 rings (SSSR count). The third kappa shape index (κ3) is 15.9. The maximum absolute atomic E-state index is 15.1. The van der Waals surface area contributed by atoms with Crippen LogP contribution in [0.2, 0.25) is 36.3 Å². The summed E-state index contributed by atoms with van der Waals surface area (Å²) in [6.45, 7) is 33.8. The average molecular weight is 1050 g/mol. The molecule has 1 amide bonds. The van der Waals surface area contributed by atoms with Gasteiger partial charge >= 0.3 is 11.9 Å². The molecule has 2 N–H and O–H groups in total. The van der Waals surface area contributed by atoms with Crippen LogP contribution in [-0.2, 0) is 51.7 Å². The van der Waals surface area contributed by atoms with E-state index in [-0.39, 0.29) is 65.7 Å². The number of hydrogen-bond acceptors (Lipinski definition) is 13. The van der Waals surface area contributed by atoms with Gasteiger partial charge in [0.25, 0.3) is 5.91 Å². The summed E-state index contributed by atoms with van der Waals surface area (Å²) in [7, 11) is 1.11. The Hall–Kier alpha value is -2.29. The molecule has 1 saturated carbocycles. The highest BCUT2D eigenvalue weighted by molar-refractivity contribution is 6.74. The summed E-state index contributed by atoms with van der Waals surface area (Å²) in [5.74, 6) is -4.78. The number of ketones is 1. The number of nitrogens with zero attached hydrogens (tertiary/aromatic N) is 1. The van der Waals surface area contributed by atoms with Gasteiger partial charge in [-0.05, 0) is 132 Å². The molecular weight excluding hydrogens is 951 g/mol. The number of ether oxygens (including phenoxy) is 5. The number of carbonyl (C=O) groups is 4. The zero-order valence-corrected chi connectivity index (χ0v) is 50.5. The van der Waals surface area contributed by atoms with E-state index in [1.54, 1.807) is 14.0 Å². The van der Waals surface area contributed by atoms with Crippen LogP contribution in [0.25, 0.3) is 0 Å². The molecule has 1 saturated heterocycles. The Balaban J connectivity index is 2.30. The van der Waals surface area contributed by atoms with Crippen molar-refractivity contribution in [3.63, 3.8) is 0 Å². The summed E-state index contributed by atoms with van der Waals surface area (Å²) in [6, 6.07) is -1.15. The molecular formula is C56H101NO13Si2. The molecule has 72 heavy (non-hydrogen) atoms. The van der Waals surface area contributed by atoms with E-state index in [0.29, 0.717) is 38.5 Å². The van der Waals surface area contributed by atoms with Crippen LogP contribution in [0.5, 0.6) is 0 Å². The maximum Gasteiger partial charge on any atom is 0.348 e. The molecule has 0 unspecified atom stereocenters. The SMILES string of the molecule is CC[C@@H]1/C=C(\C)C[C@H](C)C[C@H](OC)[C@@H](O)[C@@H](OC)C[C@@H](C)[C@@](O)(C(=O)OC)C(=O)N2CCCC[C@H]2C(=O)O[C@H](/C(C)=C/[C@@H]2CC[C@@H](O[Si](C)(C)C(C)(C)C)[C@H](OC)C2)[C@H](C)[C@@H](O[Si](C)(C)C(C)(C)C)CC1=O.